The van der Waals surface area contributed by atoms with Crippen molar-refractivity contribution >= 4 is 5.69 Å². The topological polar surface area (TPSA) is 52.9 Å². The molecule has 96 valence electrons. The lowest BCUT2D eigenvalue weighted by atomic mass is 10.1. The van der Waals surface area contributed by atoms with E-state index in [0.717, 1.165) is 22.5 Å². The predicted molar refractivity (Wildman–Crippen MR) is 74.3 cm³/mol. The van der Waals surface area contributed by atoms with E-state index < -0.39 is 0 Å². The molecule has 4 heteroatoms. The molecule has 1 heterocycles. The fraction of sp³-hybridized carbons (Fsp3) is 0.357. The summed E-state index contributed by atoms with van der Waals surface area (Å²) >= 11 is 0. The molecule has 2 rings (SSSR count). The number of rotatable bonds is 2. The Hall–Kier alpha value is -1.97. The van der Waals surface area contributed by atoms with Gasteiger partial charge in [0.25, 0.3) is 5.56 Å². The molecule has 0 atom stereocenters. The van der Waals surface area contributed by atoms with Gasteiger partial charge in [-0.1, -0.05) is 12.1 Å². The van der Waals surface area contributed by atoms with Gasteiger partial charge in [-0.05, 0) is 44.9 Å². The summed E-state index contributed by atoms with van der Waals surface area (Å²) in [7, 11) is 0. The van der Waals surface area contributed by atoms with Crippen LogP contribution in [0.25, 0.3) is 5.69 Å². The minimum Gasteiger partial charge on any atom is -0.393 e. The van der Waals surface area contributed by atoms with Gasteiger partial charge < -0.3 is 5.73 Å². The number of nitrogens with two attached hydrogens (primary N) is 1. The minimum atomic E-state index is -0.136. The zero-order valence-corrected chi connectivity index (χ0v) is 11.3. The highest BCUT2D eigenvalue weighted by molar-refractivity contribution is 5.48. The maximum atomic E-state index is 12.3. The SMILES string of the molecule is CCn1c(C)c(N)c(=O)n1-c1cc(C)ccc1C. The van der Waals surface area contributed by atoms with Gasteiger partial charge in [0.05, 0.1) is 11.4 Å². The van der Waals surface area contributed by atoms with E-state index in [0.29, 0.717) is 12.2 Å². The molecule has 2 aromatic rings. The lowest BCUT2D eigenvalue weighted by Crippen LogP contribution is -2.22. The van der Waals surface area contributed by atoms with Gasteiger partial charge in [-0.25, -0.2) is 4.68 Å². The summed E-state index contributed by atoms with van der Waals surface area (Å²) in [6.07, 6.45) is 0. The number of aromatic nitrogens is 2. The van der Waals surface area contributed by atoms with E-state index in [1.165, 1.54) is 0 Å². The molecule has 1 aromatic heterocycles. The first-order chi connectivity index (χ1) is 8.47. The molecule has 0 aliphatic heterocycles. The van der Waals surface area contributed by atoms with Crippen molar-refractivity contribution in [2.24, 2.45) is 0 Å². The van der Waals surface area contributed by atoms with Gasteiger partial charge in [-0.2, -0.15) is 0 Å². The smallest absolute Gasteiger partial charge is 0.294 e. The van der Waals surface area contributed by atoms with Gasteiger partial charge in [-0.3, -0.25) is 9.48 Å². The third-order valence-corrected chi connectivity index (χ3v) is 3.33. The lowest BCUT2D eigenvalue weighted by Gasteiger charge is -2.14. The van der Waals surface area contributed by atoms with E-state index in [1.807, 2.05) is 50.6 Å². The van der Waals surface area contributed by atoms with Crippen LogP contribution in [0.4, 0.5) is 5.69 Å². The van der Waals surface area contributed by atoms with Crippen LogP contribution in [-0.4, -0.2) is 9.36 Å². The third kappa shape index (κ3) is 1.74. The zero-order chi connectivity index (χ0) is 13.4. The number of aryl methyl sites for hydroxylation is 2. The molecule has 1 aromatic carbocycles. The molecule has 0 radical (unpaired) electrons. The maximum absolute atomic E-state index is 12.3. The Bertz CT molecular complexity index is 650. The lowest BCUT2D eigenvalue weighted by molar-refractivity contribution is 0.558. The summed E-state index contributed by atoms with van der Waals surface area (Å²) in [5, 5.41) is 0. The van der Waals surface area contributed by atoms with Crippen molar-refractivity contribution in [3.63, 3.8) is 0 Å². The zero-order valence-electron chi connectivity index (χ0n) is 11.3. The molecule has 0 fully saturated rings. The highest BCUT2D eigenvalue weighted by atomic mass is 16.1. The summed E-state index contributed by atoms with van der Waals surface area (Å²) in [5.41, 5.74) is 9.96. The summed E-state index contributed by atoms with van der Waals surface area (Å²) < 4.78 is 3.59. The molecule has 0 saturated carbocycles. The van der Waals surface area contributed by atoms with Crippen molar-refractivity contribution in [3.05, 3.63) is 45.4 Å². The van der Waals surface area contributed by atoms with E-state index in [2.05, 4.69) is 0 Å². The molecule has 18 heavy (non-hydrogen) atoms. The Morgan fingerprint density at radius 2 is 1.89 bits per heavy atom. The normalized spacial score (nSPS) is 10.9. The monoisotopic (exact) mass is 245 g/mol. The molecule has 0 unspecified atom stereocenters. The van der Waals surface area contributed by atoms with Crippen LogP contribution in [0, 0.1) is 20.8 Å². The number of anilines is 1. The van der Waals surface area contributed by atoms with Crippen LogP contribution in [0.2, 0.25) is 0 Å². The van der Waals surface area contributed by atoms with E-state index in [1.54, 1.807) is 4.68 Å². The van der Waals surface area contributed by atoms with Crippen LogP contribution in [0.5, 0.6) is 0 Å². The van der Waals surface area contributed by atoms with Crippen LogP contribution in [0.15, 0.2) is 23.0 Å². The second-order valence-corrected chi connectivity index (χ2v) is 4.62. The Morgan fingerprint density at radius 3 is 2.50 bits per heavy atom. The quantitative estimate of drug-likeness (QED) is 0.881. The van der Waals surface area contributed by atoms with Crippen LogP contribution in [0.1, 0.15) is 23.7 Å². The van der Waals surface area contributed by atoms with Crippen LogP contribution in [-0.2, 0) is 6.54 Å². The first-order valence-corrected chi connectivity index (χ1v) is 6.12. The van der Waals surface area contributed by atoms with Crippen LogP contribution < -0.4 is 11.3 Å². The molecule has 0 spiro atoms. The first-order valence-electron chi connectivity index (χ1n) is 6.12. The van der Waals surface area contributed by atoms with E-state index in [9.17, 15) is 4.79 Å². The molecule has 0 amide bonds. The fourth-order valence-electron chi connectivity index (χ4n) is 2.23. The van der Waals surface area contributed by atoms with Gasteiger partial charge in [0.2, 0.25) is 0 Å². The van der Waals surface area contributed by atoms with E-state index in [4.69, 9.17) is 5.73 Å². The minimum absolute atomic E-state index is 0.136. The number of nitrogen functional groups attached to an aromatic ring is 1. The Balaban J connectivity index is 2.83. The second kappa shape index (κ2) is 4.37. The fourth-order valence-corrected chi connectivity index (χ4v) is 2.23. The second-order valence-electron chi connectivity index (χ2n) is 4.62. The van der Waals surface area contributed by atoms with Crippen molar-refractivity contribution in [2.45, 2.75) is 34.2 Å². The van der Waals surface area contributed by atoms with E-state index >= 15 is 0 Å². The third-order valence-electron chi connectivity index (χ3n) is 3.33. The number of hydrogen-bond donors (Lipinski definition) is 1. The summed E-state index contributed by atoms with van der Waals surface area (Å²) in [6.45, 7) is 8.62. The summed E-state index contributed by atoms with van der Waals surface area (Å²) in [6, 6.07) is 6.08. The number of nitrogens with zero attached hydrogens (tertiary/aromatic N) is 2. The molecule has 0 saturated heterocycles. The number of hydrogen-bond acceptors (Lipinski definition) is 2. The average molecular weight is 245 g/mol. The van der Waals surface area contributed by atoms with Crippen molar-refractivity contribution in [2.75, 3.05) is 5.73 Å². The van der Waals surface area contributed by atoms with Gasteiger partial charge in [0.1, 0.15) is 5.69 Å². The Morgan fingerprint density at radius 1 is 1.22 bits per heavy atom. The van der Waals surface area contributed by atoms with Crippen molar-refractivity contribution in [3.8, 4) is 5.69 Å². The molecule has 4 nitrogen and oxygen atoms in total. The van der Waals surface area contributed by atoms with Gasteiger partial charge in [0.15, 0.2) is 0 Å². The Labute approximate surface area is 107 Å². The van der Waals surface area contributed by atoms with Crippen molar-refractivity contribution < 1.29 is 0 Å². The maximum Gasteiger partial charge on any atom is 0.294 e. The number of benzene rings is 1. The molecular formula is C14H19N3O. The molecule has 2 N–H and O–H groups in total. The molecule has 0 bridgehead atoms. The average Bonchev–Trinajstić information content (AvgIpc) is 2.56. The largest absolute Gasteiger partial charge is 0.393 e. The summed E-state index contributed by atoms with van der Waals surface area (Å²) in [4.78, 5) is 12.3. The Kier molecular flexibility index (Phi) is 3.03. The van der Waals surface area contributed by atoms with Gasteiger partial charge in [0, 0.05) is 6.54 Å². The molecular weight excluding hydrogens is 226 g/mol. The molecule has 0 aliphatic carbocycles. The van der Waals surface area contributed by atoms with E-state index in [-0.39, 0.29) is 5.56 Å². The first kappa shape index (κ1) is 12.5. The van der Waals surface area contributed by atoms with Crippen molar-refractivity contribution in [1.29, 1.82) is 0 Å². The standard InChI is InChI=1S/C14H19N3O/c1-5-16-11(4)13(15)14(18)17(16)12-8-9(2)6-7-10(12)3/h6-8H,5,15H2,1-4H3. The van der Waals surface area contributed by atoms with Gasteiger partial charge in [-0.15, -0.1) is 0 Å². The predicted octanol–water partition coefficient (Wildman–Crippen LogP) is 2.17. The summed E-state index contributed by atoms with van der Waals surface area (Å²) in [5.74, 6) is 0. The van der Waals surface area contributed by atoms with Crippen LogP contribution in [0.3, 0.4) is 0 Å². The van der Waals surface area contributed by atoms with Crippen LogP contribution >= 0.6 is 0 Å². The van der Waals surface area contributed by atoms with Gasteiger partial charge >= 0.3 is 0 Å². The van der Waals surface area contributed by atoms with Crippen molar-refractivity contribution in [1.82, 2.24) is 9.36 Å². The highest BCUT2D eigenvalue weighted by Gasteiger charge is 2.15. The molecule has 0 aliphatic rings. The highest BCUT2D eigenvalue weighted by Crippen LogP contribution is 2.17.